The SMILES string of the molecule is CC1=[C-]C(C)(C)C(C)=C1C.[Cl-].[Cl-].[Cl-].[V+4]. The Labute approximate surface area is 118 Å². The molecule has 0 aromatic rings. The molecule has 0 nitrogen and oxygen atoms in total. The third-order valence-electron chi connectivity index (χ3n) is 2.56. The van der Waals surface area contributed by atoms with Crippen LogP contribution in [0.25, 0.3) is 0 Å². The molecule has 0 aliphatic heterocycles. The van der Waals surface area contributed by atoms with Gasteiger partial charge in [-0.1, -0.05) is 33.1 Å². The van der Waals surface area contributed by atoms with Gasteiger partial charge in [-0.25, -0.2) is 5.57 Å². The van der Waals surface area contributed by atoms with Crippen molar-refractivity contribution < 1.29 is 55.8 Å². The summed E-state index contributed by atoms with van der Waals surface area (Å²) in [6.07, 6.45) is 3.44. The summed E-state index contributed by atoms with van der Waals surface area (Å²) in [4.78, 5) is 0. The summed E-state index contributed by atoms with van der Waals surface area (Å²) >= 11 is 0. The summed E-state index contributed by atoms with van der Waals surface area (Å²) in [6.45, 7) is 10.9. The molecule has 0 bridgehead atoms. The predicted octanol–water partition coefficient (Wildman–Crippen LogP) is -5.88. The van der Waals surface area contributed by atoms with Gasteiger partial charge in [-0.15, -0.1) is 6.92 Å². The van der Waals surface area contributed by atoms with E-state index in [1.165, 1.54) is 16.7 Å². The molecular weight excluding hydrogens is 277 g/mol. The maximum atomic E-state index is 3.44. The first-order chi connectivity index (χ1) is 4.45. The number of hydrogen-bond acceptors (Lipinski definition) is 0. The van der Waals surface area contributed by atoms with Crippen molar-refractivity contribution in [2.75, 3.05) is 0 Å². The van der Waals surface area contributed by atoms with E-state index in [2.05, 4.69) is 40.7 Å². The van der Waals surface area contributed by atoms with E-state index in [1.807, 2.05) is 0 Å². The molecule has 81 valence electrons. The first kappa shape index (κ1) is 24.3. The molecule has 0 saturated heterocycles. The van der Waals surface area contributed by atoms with Crippen LogP contribution in [0.15, 0.2) is 16.7 Å². The van der Waals surface area contributed by atoms with Crippen molar-refractivity contribution in [3.63, 3.8) is 0 Å². The number of halogens is 3. The second-order valence-electron chi connectivity index (χ2n) is 3.62. The predicted molar refractivity (Wildman–Crippen MR) is 44.6 cm³/mol. The smallest absolute Gasteiger partial charge is 1.00 e. The minimum absolute atomic E-state index is 0. The molecule has 1 aliphatic rings. The summed E-state index contributed by atoms with van der Waals surface area (Å²) < 4.78 is 0. The van der Waals surface area contributed by atoms with E-state index in [9.17, 15) is 0 Å². The average Bonchev–Trinajstić information content (AvgIpc) is 1.95. The van der Waals surface area contributed by atoms with Crippen LogP contribution >= 0.6 is 0 Å². The Morgan fingerprint density at radius 3 is 1.36 bits per heavy atom. The van der Waals surface area contributed by atoms with Crippen molar-refractivity contribution in [3.8, 4) is 0 Å². The van der Waals surface area contributed by atoms with Crippen molar-refractivity contribution in [1.29, 1.82) is 0 Å². The minimum atomic E-state index is 0. The molecule has 0 unspecified atom stereocenters. The average molecular weight is 293 g/mol. The van der Waals surface area contributed by atoms with Gasteiger partial charge in [0.15, 0.2) is 0 Å². The second kappa shape index (κ2) is 8.13. The fraction of sp³-hybridized carbons (Fsp3) is 0.600. The summed E-state index contributed by atoms with van der Waals surface area (Å²) in [5.74, 6) is 0. The molecule has 1 rings (SSSR count). The fourth-order valence-corrected chi connectivity index (χ4v) is 1.41. The summed E-state index contributed by atoms with van der Waals surface area (Å²) in [5.41, 5.74) is 4.39. The summed E-state index contributed by atoms with van der Waals surface area (Å²) in [7, 11) is 0. The summed E-state index contributed by atoms with van der Waals surface area (Å²) in [5, 5.41) is 0. The Morgan fingerprint density at radius 1 is 0.929 bits per heavy atom. The third-order valence-corrected chi connectivity index (χ3v) is 2.56. The Kier molecular flexibility index (Phi) is 14.1. The van der Waals surface area contributed by atoms with Crippen LogP contribution in [-0.4, -0.2) is 0 Å². The van der Waals surface area contributed by atoms with E-state index in [1.54, 1.807) is 0 Å². The van der Waals surface area contributed by atoms with Crippen molar-refractivity contribution in [2.24, 2.45) is 5.41 Å². The van der Waals surface area contributed by atoms with Crippen LogP contribution in [-0.2, 0) is 18.6 Å². The van der Waals surface area contributed by atoms with E-state index >= 15 is 0 Å². The monoisotopic (exact) mass is 291 g/mol. The standard InChI is InChI=1S/C10H15.3ClH.V/c1-7-6-10(4,5)9(3)8(7)2;;;;/h1-5H3;3*1H;/q-1;;;;+4/p-3. The minimum Gasteiger partial charge on any atom is -1.00 e. The number of rotatable bonds is 0. The van der Waals surface area contributed by atoms with Crippen LogP contribution in [0, 0.1) is 11.5 Å². The van der Waals surface area contributed by atoms with Gasteiger partial charge in [-0.2, -0.15) is 11.1 Å². The molecule has 0 heterocycles. The Hall–Kier alpha value is 0.934. The van der Waals surface area contributed by atoms with Crippen molar-refractivity contribution in [3.05, 3.63) is 22.8 Å². The van der Waals surface area contributed by atoms with Crippen molar-refractivity contribution in [1.82, 2.24) is 0 Å². The molecular formula is C10H15Cl3V. The van der Waals surface area contributed by atoms with E-state index in [0.717, 1.165) is 0 Å². The van der Waals surface area contributed by atoms with Gasteiger partial charge in [0.05, 0.1) is 0 Å². The van der Waals surface area contributed by atoms with Crippen LogP contribution in [0.1, 0.15) is 34.6 Å². The van der Waals surface area contributed by atoms with Crippen LogP contribution in [0.2, 0.25) is 0 Å². The maximum Gasteiger partial charge on any atom is 4.00 e. The molecule has 0 fully saturated rings. The van der Waals surface area contributed by atoms with Crippen LogP contribution in [0.5, 0.6) is 0 Å². The van der Waals surface area contributed by atoms with Gasteiger partial charge in [-0.05, 0) is 0 Å². The zero-order valence-corrected chi connectivity index (χ0v) is 12.7. The van der Waals surface area contributed by atoms with Gasteiger partial charge >= 0.3 is 18.6 Å². The van der Waals surface area contributed by atoms with Crippen LogP contribution in [0.3, 0.4) is 0 Å². The van der Waals surface area contributed by atoms with Crippen LogP contribution < -0.4 is 37.2 Å². The quantitative estimate of drug-likeness (QED) is 0.390. The maximum absolute atomic E-state index is 3.44. The van der Waals surface area contributed by atoms with Gasteiger partial charge in [0.1, 0.15) is 0 Å². The summed E-state index contributed by atoms with van der Waals surface area (Å²) in [6, 6.07) is 0. The zero-order valence-electron chi connectivity index (χ0n) is 9.08. The fourth-order valence-electron chi connectivity index (χ4n) is 1.41. The molecule has 0 N–H and O–H groups in total. The molecule has 0 atom stereocenters. The number of hydrogen-bond donors (Lipinski definition) is 0. The van der Waals surface area contributed by atoms with Gasteiger partial charge < -0.3 is 37.2 Å². The molecule has 0 aromatic heterocycles. The van der Waals surface area contributed by atoms with E-state index in [4.69, 9.17) is 0 Å². The molecule has 4 heteroatoms. The van der Waals surface area contributed by atoms with Gasteiger partial charge in [0.25, 0.3) is 0 Å². The molecule has 1 aliphatic carbocycles. The Morgan fingerprint density at radius 2 is 1.29 bits per heavy atom. The normalized spacial score (nSPS) is 16.8. The topological polar surface area (TPSA) is 0 Å². The van der Waals surface area contributed by atoms with Gasteiger partial charge in [0, 0.05) is 0 Å². The molecule has 0 spiro atoms. The van der Waals surface area contributed by atoms with Crippen molar-refractivity contribution >= 4 is 0 Å². The van der Waals surface area contributed by atoms with E-state index in [0.29, 0.717) is 0 Å². The largest absolute Gasteiger partial charge is 4.00 e. The second-order valence-corrected chi connectivity index (χ2v) is 3.62. The van der Waals surface area contributed by atoms with Crippen molar-refractivity contribution in [2.45, 2.75) is 34.6 Å². The first-order valence-corrected chi connectivity index (χ1v) is 3.75. The third kappa shape index (κ3) is 4.64. The molecule has 0 saturated carbocycles. The Balaban J connectivity index is -0.000000125. The zero-order chi connectivity index (χ0) is 7.94. The molecule has 0 aromatic carbocycles. The first-order valence-electron chi connectivity index (χ1n) is 3.75. The molecule has 1 radical (unpaired) electrons. The Bertz CT molecular complexity index is 230. The van der Waals surface area contributed by atoms with Gasteiger partial charge in [0.2, 0.25) is 0 Å². The van der Waals surface area contributed by atoms with E-state index < -0.39 is 0 Å². The van der Waals surface area contributed by atoms with E-state index in [-0.39, 0.29) is 61.2 Å². The number of allylic oxidation sites excluding steroid dienone is 4. The van der Waals surface area contributed by atoms with Crippen LogP contribution in [0.4, 0.5) is 0 Å². The molecule has 0 amide bonds. The molecule has 14 heavy (non-hydrogen) atoms. The van der Waals surface area contributed by atoms with Gasteiger partial charge in [-0.3, -0.25) is 6.08 Å².